The predicted octanol–water partition coefficient (Wildman–Crippen LogP) is 4.19. The van der Waals surface area contributed by atoms with Gasteiger partial charge in [0.1, 0.15) is 11.4 Å². The minimum Gasteiger partial charge on any atom is -0.453 e. The summed E-state index contributed by atoms with van der Waals surface area (Å²) in [6, 6.07) is 10.4. The highest BCUT2D eigenvalue weighted by atomic mass is 16.6. The number of nitrogens with two attached hydrogens (primary N) is 1. The highest BCUT2D eigenvalue weighted by Gasteiger charge is 2.22. The SMILES string of the molecule is CC.CCc1cc(Oc2ccc(NC(=O)C(=O)OC(C)(C)C)cn2)ccc1C#N.CN. The number of hydrogen-bond acceptors (Lipinski definition) is 7. The standard InChI is InChI=1S/C20H21N3O4.C2H6.CH5N/c1-5-13-10-16(8-6-14(13)11-21)26-17-9-7-15(12-22-17)23-18(24)19(25)27-20(2,3)4;2*1-2/h6-10,12H,5H2,1-4H3,(H,23,24);1-2H3;2H2,1H3. The van der Waals surface area contributed by atoms with E-state index in [0.29, 0.717) is 29.3 Å². The summed E-state index contributed by atoms with van der Waals surface area (Å²) in [5, 5.41) is 11.5. The van der Waals surface area contributed by atoms with Crippen LogP contribution in [0, 0.1) is 11.3 Å². The molecule has 8 heteroatoms. The van der Waals surface area contributed by atoms with Crippen LogP contribution in [0.1, 0.15) is 52.7 Å². The van der Waals surface area contributed by atoms with Gasteiger partial charge in [0.25, 0.3) is 0 Å². The highest BCUT2D eigenvalue weighted by Crippen LogP contribution is 2.23. The third-order valence-electron chi connectivity index (χ3n) is 3.38. The maximum atomic E-state index is 11.8. The number of nitriles is 1. The molecule has 0 bridgehead atoms. The molecule has 0 saturated heterocycles. The number of pyridine rings is 1. The van der Waals surface area contributed by atoms with Crippen LogP contribution in [0.25, 0.3) is 0 Å². The van der Waals surface area contributed by atoms with Gasteiger partial charge >= 0.3 is 11.9 Å². The maximum Gasteiger partial charge on any atom is 0.397 e. The lowest BCUT2D eigenvalue weighted by molar-refractivity contribution is -0.161. The van der Waals surface area contributed by atoms with Crippen molar-refractivity contribution in [3.63, 3.8) is 0 Å². The van der Waals surface area contributed by atoms with E-state index in [9.17, 15) is 9.59 Å². The van der Waals surface area contributed by atoms with Crippen LogP contribution < -0.4 is 15.8 Å². The van der Waals surface area contributed by atoms with Crippen LogP contribution in [0.4, 0.5) is 5.69 Å². The molecule has 0 spiro atoms. The number of amides is 1. The Morgan fingerprint density at radius 2 is 1.81 bits per heavy atom. The number of aryl methyl sites for hydroxylation is 1. The van der Waals surface area contributed by atoms with Gasteiger partial charge in [-0.25, -0.2) is 9.78 Å². The number of carbonyl (C=O) groups excluding carboxylic acids is 2. The number of anilines is 1. The normalized spacial score (nSPS) is 9.65. The minimum absolute atomic E-state index is 0.317. The first-order chi connectivity index (χ1) is 14.7. The topological polar surface area (TPSA) is 127 Å². The lowest BCUT2D eigenvalue weighted by Gasteiger charge is -2.18. The number of hydrogen-bond donors (Lipinski definition) is 2. The Kier molecular flexibility index (Phi) is 12.2. The smallest absolute Gasteiger partial charge is 0.397 e. The number of ether oxygens (including phenoxy) is 2. The molecule has 0 aliphatic carbocycles. The average Bonchev–Trinajstić information content (AvgIpc) is 2.76. The van der Waals surface area contributed by atoms with Crippen molar-refractivity contribution in [1.29, 1.82) is 5.26 Å². The first-order valence-electron chi connectivity index (χ1n) is 10.0. The zero-order valence-corrected chi connectivity index (χ0v) is 19.3. The molecule has 0 fully saturated rings. The molecule has 3 N–H and O–H groups in total. The fraction of sp³-hybridized carbons (Fsp3) is 0.391. The zero-order valence-electron chi connectivity index (χ0n) is 19.3. The van der Waals surface area contributed by atoms with Crippen molar-refractivity contribution in [3.05, 3.63) is 47.7 Å². The monoisotopic (exact) mass is 428 g/mol. The molecule has 1 aromatic heterocycles. The van der Waals surface area contributed by atoms with Gasteiger partial charge in [-0.15, -0.1) is 0 Å². The lowest BCUT2D eigenvalue weighted by Crippen LogP contribution is -2.32. The van der Waals surface area contributed by atoms with E-state index in [1.165, 1.54) is 13.2 Å². The van der Waals surface area contributed by atoms with Crippen LogP contribution >= 0.6 is 0 Å². The quantitative estimate of drug-likeness (QED) is 0.552. The Labute approximate surface area is 184 Å². The molecule has 1 aromatic carbocycles. The van der Waals surface area contributed by atoms with Gasteiger partial charge in [0, 0.05) is 6.07 Å². The van der Waals surface area contributed by atoms with Crippen LogP contribution in [0.15, 0.2) is 36.5 Å². The molecule has 2 rings (SSSR count). The Balaban J connectivity index is 0.00000212. The van der Waals surface area contributed by atoms with Gasteiger partial charge in [0.2, 0.25) is 5.88 Å². The molecular weight excluding hydrogens is 396 g/mol. The second-order valence-electron chi connectivity index (χ2n) is 6.73. The fourth-order valence-corrected chi connectivity index (χ4v) is 2.18. The molecule has 0 radical (unpaired) electrons. The maximum absolute atomic E-state index is 11.8. The molecule has 0 unspecified atom stereocenters. The van der Waals surface area contributed by atoms with Crippen molar-refractivity contribution in [2.24, 2.45) is 5.73 Å². The predicted molar refractivity (Wildman–Crippen MR) is 121 cm³/mol. The summed E-state index contributed by atoms with van der Waals surface area (Å²) in [6.45, 7) is 11.0. The van der Waals surface area contributed by atoms with Crippen molar-refractivity contribution < 1.29 is 19.1 Å². The summed E-state index contributed by atoms with van der Waals surface area (Å²) < 4.78 is 10.7. The Morgan fingerprint density at radius 1 is 1.16 bits per heavy atom. The fourth-order valence-electron chi connectivity index (χ4n) is 2.18. The van der Waals surface area contributed by atoms with Crippen molar-refractivity contribution >= 4 is 17.6 Å². The van der Waals surface area contributed by atoms with E-state index in [2.05, 4.69) is 22.1 Å². The summed E-state index contributed by atoms with van der Waals surface area (Å²) in [5.74, 6) is -0.964. The summed E-state index contributed by atoms with van der Waals surface area (Å²) >= 11 is 0. The van der Waals surface area contributed by atoms with Crippen molar-refractivity contribution in [2.75, 3.05) is 12.4 Å². The molecule has 1 amide bonds. The first kappa shape index (κ1) is 27.6. The van der Waals surface area contributed by atoms with E-state index in [0.717, 1.165) is 5.56 Å². The summed E-state index contributed by atoms with van der Waals surface area (Å²) in [7, 11) is 1.50. The van der Waals surface area contributed by atoms with Gasteiger partial charge in [0.05, 0.1) is 23.5 Å². The lowest BCUT2D eigenvalue weighted by atomic mass is 10.1. The number of nitrogens with zero attached hydrogens (tertiary/aromatic N) is 2. The van der Waals surface area contributed by atoms with E-state index in [1.54, 1.807) is 51.1 Å². The molecule has 2 aromatic rings. The number of rotatable bonds is 4. The van der Waals surface area contributed by atoms with Crippen LogP contribution in [-0.2, 0) is 20.7 Å². The average molecular weight is 429 g/mol. The van der Waals surface area contributed by atoms with Crippen LogP contribution in [0.5, 0.6) is 11.6 Å². The summed E-state index contributed by atoms with van der Waals surface area (Å²) in [4.78, 5) is 27.6. The molecule has 1 heterocycles. The Bertz CT molecular complexity index is 882. The van der Waals surface area contributed by atoms with Gasteiger partial charge in [-0.05, 0) is 64.1 Å². The molecule has 0 aliphatic rings. The minimum atomic E-state index is -0.965. The van der Waals surface area contributed by atoms with E-state index in [4.69, 9.17) is 14.7 Å². The van der Waals surface area contributed by atoms with Gasteiger partial charge in [-0.1, -0.05) is 20.8 Å². The molecule has 0 atom stereocenters. The molecule has 168 valence electrons. The van der Waals surface area contributed by atoms with E-state index in [1.807, 2.05) is 20.8 Å². The summed E-state index contributed by atoms with van der Waals surface area (Å²) in [5.41, 5.74) is 5.59. The molecular formula is C23H32N4O4. The molecule has 31 heavy (non-hydrogen) atoms. The number of carbonyl (C=O) groups is 2. The van der Waals surface area contributed by atoms with Crippen molar-refractivity contribution in [1.82, 2.24) is 4.98 Å². The largest absolute Gasteiger partial charge is 0.453 e. The number of benzene rings is 1. The van der Waals surface area contributed by atoms with Gasteiger partial charge in [-0.2, -0.15) is 5.26 Å². The first-order valence-corrected chi connectivity index (χ1v) is 10.0. The van der Waals surface area contributed by atoms with Gasteiger partial charge in [-0.3, -0.25) is 4.79 Å². The van der Waals surface area contributed by atoms with Crippen molar-refractivity contribution in [2.45, 2.75) is 53.6 Å². The summed E-state index contributed by atoms with van der Waals surface area (Å²) in [6.07, 6.45) is 2.09. The van der Waals surface area contributed by atoms with E-state index < -0.39 is 17.5 Å². The molecule has 0 aliphatic heterocycles. The number of esters is 1. The van der Waals surface area contributed by atoms with Crippen molar-refractivity contribution in [3.8, 4) is 17.7 Å². The molecule has 0 saturated carbocycles. The Hall–Kier alpha value is -3.44. The van der Waals surface area contributed by atoms with Crippen LogP contribution in [0.3, 0.4) is 0 Å². The number of nitrogens with one attached hydrogen (secondary N) is 1. The molecule has 8 nitrogen and oxygen atoms in total. The van der Waals surface area contributed by atoms with E-state index in [-0.39, 0.29) is 0 Å². The second kappa shape index (κ2) is 13.7. The van der Waals surface area contributed by atoms with Crippen LogP contribution in [0.2, 0.25) is 0 Å². The van der Waals surface area contributed by atoms with Crippen LogP contribution in [-0.4, -0.2) is 29.5 Å². The third-order valence-corrected chi connectivity index (χ3v) is 3.38. The van der Waals surface area contributed by atoms with E-state index >= 15 is 0 Å². The third kappa shape index (κ3) is 9.74. The van der Waals surface area contributed by atoms with Gasteiger partial charge in [0.15, 0.2) is 0 Å². The van der Waals surface area contributed by atoms with Gasteiger partial charge < -0.3 is 20.5 Å². The zero-order chi connectivity index (χ0) is 24.0. The number of aromatic nitrogens is 1. The second-order valence-corrected chi connectivity index (χ2v) is 6.73. The highest BCUT2D eigenvalue weighted by molar-refractivity contribution is 6.37. The Morgan fingerprint density at radius 3 is 2.29 bits per heavy atom.